The van der Waals surface area contributed by atoms with Crippen LogP contribution in [-0.4, -0.2) is 18.4 Å². The van der Waals surface area contributed by atoms with Gasteiger partial charge in [-0.05, 0) is 26.2 Å². The molecule has 1 aliphatic rings. The van der Waals surface area contributed by atoms with Crippen LogP contribution >= 0.6 is 0 Å². The standard InChI is InChI=1S/C13H22O3/c1-4-5-10-15-13(8-6-7-9-13)16-12(14)11(2)3/h2,4-10H2,1,3H3. The van der Waals surface area contributed by atoms with E-state index in [1.165, 1.54) is 0 Å². The van der Waals surface area contributed by atoms with Crippen molar-refractivity contribution in [3.05, 3.63) is 12.2 Å². The van der Waals surface area contributed by atoms with E-state index in [1.54, 1.807) is 6.92 Å². The van der Waals surface area contributed by atoms with Crippen LogP contribution in [0.2, 0.25) is 0 Å². The Balaban J connectivity index is 2.51. The summed E-state index contributed by atoms with van der Waals surface area (Å²) in [5.74, 6) is -0.996. The van der Waals surface area contributed by atoms with Crippen molar-refractivity contribution >= 4 is 5.97 Å². The molecule has 0 heterocycles. The molecular weight excluding hydrogens is 204 g/mol. The minimum Gasteiger partial charge on any atom is -0.430 e. The van der Waals surface area contributed by atoms with E-state index >= 15 is 0 Å². The number of esters is 1. The third-order valence-corrected chi connectivity index (χ3v) is 2.86. The normalized spacial score (nSPS) is 18.4. The van der Waals surface area contributed by atoms with Gasteiger partial charge in [0.25, 0.3) is 0 Å². The first kappa shape index (κ1) is 13.2. The van der Waals surface area contributed by atoms with Crippen molar-refractivity contribution < 1.29 is 14.3 Å². The predicted octanol–water partition coefficient (Wildman–Crippen LogP) is 3.19. The zero-order valence-electron chi connectivity index (χ0n) is 10.4. The average molecular weight is 226 g/mol. The van der Waals surface area contributed by atoms with Gasteiger partial charge >= 0.3 is 5.97 Å². The lowest BCUT2D eigenvalue weighted by atomic mass is 10.2. The van der Waals surface area contributed by atoms with Crippen LogP contribution in [0.4, 0.5) is 0 Å². The summed E-state index contributed by atoms with van der Waals surface area (Å²) in [6, 6.07) is 0. The summed E-state index contributed by atoms with van der Waals surface area (Å²) in [6.07, 6.45) is 5.85. The van der Waals surface area contributed by atoms with Crippen molar-refractivity contribution in [1.29, 1.82) is 0 Å². The molecule has 0 aromatic heterocycles. The molecule has 0 N–H and O–H groups in total. The highest BCUT2D eigenvalue weighted by molar-refractivity contribution is 5.87. The molecule has 0 aromatic rings. The van der Waals surface area contributed by atoms with E-state index in [1.807, 2.05) is 0 Å². The van der Waals surface area contributed by atoms with E-state index in [0.29, 0.717) is 12.2 Å². The minimum atomic E-state index is -0.662. The van der Waals surface area contributed by atoms with Gasteiger partial charge in [-0.2, -0.15) is 0 Å². The van der Waals surface area contributed by atoms with Crippen LogP contribution in [0.1, 0.15) is 52.4 Å². The maximum atomic E-state index is 11.5. The number of unbranched alkanes of at least 4 members (excludes halogenated alkanes) is 1. The maximum absolute atomic E-state index is 11.5. The van der Waals surface area contributed by atoms with Gasteiger partial charge < -0.3 is 9.47 Å². The van der Waals surface area contributed by atoms with Gasteiger partial charge in [-0.25, -0.2) is 4.79 Å². The summed E-state index contributed by atoms with van der Waals surface area (Å²) >= 11 is 0. The van der Waals surface area contributed by atoms with E-state index in [4.69, 9.17) is 9.47 Å². The molecule has 1 aliphatic carbocycles. The Labute approximate surface area is 97.8 Å². The van der Waals surface area contributed by atoms with Crippen molar-refractivity contribution in [3.63, 3.8) is 0 Å². The molecule has 0 amide bonds. The summed E-state index contributed by atoms with van der Waals surface area (Å²) in [5.41, 5.74) is 0.436. The molecule has 16 heavy (non-hydrogen) atoms. The van der Waals surface area contributed by atoms with Gasteiger partial charge in [0.2, 0.25) is 5.79 Å². The van der Waals surface area contributed by atoms with Gasteiger partial charge in [0.05, 0.1) is 6.61 Å². The summed E-state index contributed by atoms with van der Waals surface area (Å²) in [4.78, 5) is 11.5. The first-order valence-corrected chi connectivity index (χ1v) is 6.12. The Morgan fingerprint density at radius 3 is 2.50 bits per heavy atom. The third-order valence-electron chi connectivity index (χ3n) is 2.86. The molecule has 0 unspecified atom stereocenters. The third kappa shape index (κ3) is 3.63. The number of carbonyl (C=O) groups excluding carboxylic acids is 1. The molecule has 0 atom stereocenters. The first-order chi connectivity index (χ1) is 7.59. The van der Waals surface area contributed by atoms with E-state index in [9.17, 15) is 4.79 Å². The average Bonchev–Trinajstić information content (AvgIpc) is 2.67. The van der Waals surface area contributed by atoms with Gasteiger partial charge in [-0.3, -0.25) is 0 Å². The fourth-order valence-electron chi connectivity index (χ4n) is 1.85. The lowest BCUT2D eigenvalue weighted by Gasteiger charge is -2.29. The summed E-state index contributed by atoms with van der Waals surface area (Å²) in [5, 5.41) is 0. The minimum absolute atomic E-state index is 0.335. The van der Waals surface area contributed by atoms with Crippen LogP contribution in [0.3, 0.4) is 0 Å². The van der Waals surface area contributed by atoms with Crippen molar-refractivity contribution in [1.82, 2.24) is 0 Å². The zero-order valence-corrected chi connectivity index (χ0v) is 10.4. The molecule has 0 spiro atoms. The highest BCUT2D eigenvalue weighted by Crippen LogP contribution is 2.35. The highest BCUT2D eigenvalue weighted by Gasteiger charge is 2.38. The molecule has 92 valence electrons. The van der Waals surface area contributed by atoms with Crippen molar-refractivity contribution in [2.45, 2.75) is 58.2 Å². The van der Waals surface area contributed by atoms with E-state index in [-0.39, 0.29) is 5.97 Å². The SMILES string of the molecule is C=C(C)C(=O)OC1(OCCCC)CCCC1. The number of ether oxygens (including phenoxy) is 2. The van der Waals surface area contributed by atoms with Crippen LogP contribution in [0.25, 0.3) is 0 Å². The molecule has 0 saturated heterocycles. The Morgan fingerprint density at radius 1 is 1.38 bits per heavy atom. The quantitative estimate of drug-likeness (QED) is 0.302. The number of hydrogen-bond donors (Lipinski definition) is 0. The monoisotopic (exact) mass is 226 g/mol. The highest BCUT2D eigenvalue weighted by atomic mass is 16.7. The molecule has 1 fully saturated rings. The Hall–Kier alpha value is -0.830. The lowest BCUT2D eigenvalue weighted by Crippen LogP contribution is -2.35. The second-order valence-corrected chi connectivity index (χ2v) is 4.49. The van der Waals surface area contributed by atoms with Gasteiger partial charge in [0.1, 0.15) is 0 Å². The first-order valence-electron chi connectivity index (χ1n) is 6.12. The van der Waals surface area contributed by atoms with E-state index in [2.05, 4.69) is 13.5 Å². The summed E-state index contributed by atoms with van der Waals surface area (Å²) < 4.78 is 11.2. The molecule has 1 saturated carbocycles. The molecule has 1 rings (SSSR count). The van der Waals surface area contributed by atoms with Gasteiger partial charge in [-0.15, -0.1) is 0 Å². The summed E-state index contributed by atoms with van der Waals surface area (Å²) in [6.45, 7) is 8.04. The largest absolute Gasteiger partial charge is 0.430 e. The Bertz CT molecular complexity index is 252. The molecule has 0 aromatic carbocycles. The smallest absolute Gasteiger partial charge is 0.335 e. The summed E-state index contributed by atoms with van der Waals surface area (Å²) in [7, 11) is 0. The van der Waals surface area contributed by atoms with E-state index < -0.39 is 5.79 Å². The van der Waals surface area contributed by atoms with Crippen LogP contribution in [0.5, 0.6) is 0 Å². The number of rotatable bonds is 6. The van der Waals surface area contributed by atoms with Crippen molar-refractivity contribution in [2.24, 2.45) is 0 Å². The Kier molecular flexibility index (Phi) is 5.00. The van der Waals surface area contributed by atoms with Gasteiger partial charge in [0.15, 0.2) is 0 Å². The molecule has 0 aliphatic heterocycles. The maximum Gasteiger partial charge on any atom is 0.335 e. The predicted molar refractivity (Wildman–Crippen MR) is 63.0 cm³/mol. The topological polar surface area (TPSA) is 35.5 Å². The molecule has 0 radical (unpaired) electrons. The van der Waals surface area contributed by atoms with Crippen molar-refractivity contribution in [2.75, 3.05) is 6.61 Å². The fourth-order valence-corrected chi connectivity index (χ4v) is 1.85. The second-order valence-electron chi connectivity index (χ2n) is 4.49. The fraction of sp³-hybridized carbons (Fsp3) is 0.769. The lowest BCUT2D eigenvalue weighted by molar-refractivity contribution is -0.226. The van der Waals surface area contributed by atoms with E-state index in [0.717, 1.165) is 38.5 Å². The van der Waals surface area contributed by atoms with Crippen LogP contribution in [0, 0.1) is 0 Å². The second kappa shape index (κ2) is 6.04. The van der Waals surface area contributed by atoms with Gasteiger partial charge in [0, 0.05) is 18.4 Å². The molecule has 3 heteroatoms. The molecular formula is C13H22O3. The number of hydrogen-bond acceptors (Lipinski definition) is 3. The zero-order chi connectivity index (χ0) is 12.0. The van der Waals surface area contributed by atoms with Crippen LogP contribution < -0.4 is 0 Å². The Morgan fingerprint density at radius 2 is 2.00 bits per heavy atom. The van der Waals surface area contributed by atoms with Crippen LogP contribution in [0.15, 0.2) is 12.2 Å². The number of carbonyl (C=O) groups is 1. The molecule has 3 nitrogen and oxygen atoms in total. The molecule has 0 bridgehead atoms. The van der Waals surface area contributed by atoms with Gasteiger partial charge in [-0.1, -0.05) is 19.9 Å². The van der Waals surface area contributed by atoms with Crippen LogP contribution in [-0.2, 0) is 14.3 Å². The van der Waals surface area contributed by atoms with Crippen molar-refractivity contribution in [3.8, 4) is 0 Å².